The zero-order valence-electron chi connectivity index (χ0n) is 56.6. The largest absolute Gasteiger partial charge is 0.472 e. The van der Waals surface area contributed by atoms with E-state index < -0.39 is 97.5 Å². The molecular formula is C68H132O17P2. The Kier molecular flexibility index (Phi) is 56.6. The van der Waals surface area contributed by atoms with Crippen LogP contribution in [0.25, 0.3) is 0 Å². The summed E-state index contributed by atoms with van der Waals surface area (Å²) in [5.74, 6) is 0.827. The number of phosphoric ester groups is 2. The lowest BCUT2D eigenvalue weighted by Crippen LogP contribution is -2.30. The molecule has 17 nitrogen and oxygen atoms in total. The number of rotatable bonds is 65. The second kappa shape index (κ2) is 57.9. The molecule has 0 saturated carbocycles. The molecule has 0 heterocycles. The van der Waals surface area contributed by atoms with Gasteiger partial charge in [0, 0.05) is 25.7 Å². The zero-order valence-corrected chi connectivity index (χ0v) is 58.4. The van der Waals surface area contributed by atoms with Crippen molar-refractivity contribution in [3.8, 4) is 0 Å². The van der Waals surface area contributed by atoms with Crippen molar-refractivity contribution < 1.29 is 80.2 Å². The molecule has 3 N–H and O–H groups in total. The van der Waals surface area contributed by atoms with Gasteiger partial charge >= 0.3 is 39.5 Å². The lowest BCUT2D eigenvalue weighted by molar-refractivity contribution is -0.161. The maximum atomic E-state index is 13.0. The zero-order chi connectivity index (χ0) is 64.7. The predicted molar refractivity (Wildman–Crippen MR) is 349 cm³/mol. The number of aliphatic hydroxyl groups excluding tert-OH is 1. The topological polar surface area (TPSA) is 237 Å². The summed E-state index contributed by atoms with van der Waals surface area (Å²) in [5, 5.41) is 10.6. The van der Waals surface area contributed by atoms with Crippen LogP contribution in [0.1, 0.15) is 331 Å². The van der Waals surface area contributed by atoms with Gasteiger partial charge in [-0.25, -0.2) is 9.13 Å². The highest BCUT2D eigenvalue weighted by atomic mass is 31.2. The van der Waals surface area contributed by atoms with E-state index in [0.29, 0.717) is 31.6 Å². The van der Waals surface area contributed by atoms with Gasteiger partial charge in [-0.2, -0.15) is 0 Å². The lowest BCUT2D eigenvalue weighted by atomic mass is 9.99. The van der Waals surface area contributed by atoms with Crippen molar-refractivity contribution in [3.63, 3.8) is 0 Å². The second-order valence-corrected chi connectivity index (χ2v) is 29.1. The van der Waals surface area contributed by atoms with Crippen LogP contribution >= 0.6 is 15.6 Å². The number of esters is 4. The van der Waals surface area contributed by atoms with Crippen LogP contribution < -0.4 is 0 Å². The SMILES string of the molecule is CCC(C)CCCCCCCCCCC(=O)O[C@H](COC(=O)CCCCCCCCCCC(C)C)COP(=O)(O)OCC(O)COP(=O)(O)OC[C@@H](COC(=O)CCCCCCCCCCCCCC(C)C)OC(=O)CCCCCCCCCC(C)C. The average Bonchev–Trinajstić information content (AvgIpc) is 3.69. The van der Waals surface area contributed by atoms with Gasteiger partial charge < -0.3 is 33.8 Å². The van der Waals surface area contributed by atoms with Crippen LogP contribution in [0.5, 0.6) is 0 Å². The number of phosphoric acid groups is 2. The maximum Gasteiger partial charge on any atom is 0.472 e. The molecule has 516 valence electrons. The van der Waals surface area contributed by atoms with Crippen molar-refractivity contribution in [2.75, 3.05) is 39.6 Å². The first-order chi connectivity index (χ1) is 41.6. The van der Waals surface area contributed by atoms with Gasteiger partial charge in [-0.3, -0.25) is 37.3 Å². The molecule has 0 spiro atoms. The van der Waals surface area contributed by atoms with E-state index in [1.54, 1.807) is 0 Å². The van der Waals surface area contributed by atoms with Crippen LogP contribution in [0, 0.1) is 23.7 Å². The summed E-state index contributed by atoms with van der Waals surface area (Å²) in [4.78, 5) is 72.4. The molecular weight excluding hydrogens is 1150 g/mol. The van der Waals surface area contributed by atoms with Gasteiger partial charge in [0.05, 0.1) is 26.4 Å². The second-order valence-electron chi connectivity index (χ2n) is 26.2. The molecule has 0 saturated heterocycles. The van der Waals surface area contributed by atoms with Gasteiger partial charge in [0.1, 0.15) is 19.3 Å². The van der Waals surface area contributed by atoms with Gasteiger partial charge in [-0.05, 0) is 49.4 Å². The Morgan fingerprint density at radius 3 is 0.816 bits per heavy atom. The highest BCUT2D eigenvalue weighted by molar-refractivity contribution is 7.47. The first kappa shape index (κ1) is 85.1. The van der Waals surface area contributed by atoms with E-state index in [-0.39, 0.29) is 25.7 Å². The van der Waals surface area contributed by atoms with E-state index in [2.05, 4.69) is 55.4 Å². The minimum Gasteiger partial charge on any atom is -0.462 e. The van der Waals surface area contributed by atoms with Crippen molar-refractivity contribution in [2.45, 2.75) is 350 Å². The van der Waals surface area contributed by atoms with Gasteiger partial charge in [0.2, 0.25) is 0 Å². The third kappa shape index (κ3) is 61.3. The maximum absolute atomic E-state index is 13.0. The van der Waals surface area contributed by atoms with Crippen LogP contribution in [-0.2, 0) is 65.4 Å². The fraction of sp³-hybridized carbons (Fsp3) is 0.941. The number of carbonyl (C=O) groups is 4. The van der Waals surface area contributed by atoms with Crippen LogP contribution in [-0.4, -0.2) is 96.7 Å². The lowest BCUT2D eigenvalue weighted by Gasteiger charge is -2.21. The molecule has 0 aromatic rings. The number of aliphatic hydroxyl groups is 1. The van der Waals surface area contributed by atoms with E-state index in [1.165, 1.54) is 135 Å². The minimum atomic E-state index is -4.95. The van der Waals surface area contributed by atoms with E-state index >= 15 is 0 Å². The summed E-state index contributed by atoms with van der Waals surface area (Å²) in [6.45, 7) is 14.0. The Labute approximate surface area is 530 Å². The van der Waals surface area contributed by atoms with Gasteiger partial charge in [0.15, 0.2) is 12.2 Å². The summed E-state index contributed by atoms with van der Waals surface area (Å²) >= 11 is 0. The molecule has 0 rings (SSSR count). The Bertz CT molecular complexity index is 1730. The van der Waals surface area contributed by atoms with Crippen LogP contribution in [0.3, 0.4) is 0 Å². The first-order valence-corrected chi connectivity index (χ1v) is 38.2. The molecule has 0 aromatic heterocycles. The number of ether oxygens (including phenoxy) is 4. The smallest absolute Gasteiger partial charge is 0.462 e. The van der Waals surface area contributed by atoms with E-state index in [1.807, 2.05) is 0 Å². The monoisotopic (exact) mass is 1280 g/mol. The van der Waals surface area contributed by atoms with E-state index in [0.717, 1.165) is 108 Å². The average molecular weight is 1280 g/mol. The van der Waals surface area contributed by atoms with Gasteiger partial charge in [-0.15, -0.1) is 0 Å². The van der Waals surface area contributed by atoms with Gasteiger partial charge in [0.25, 0.3) is 0 Å². The molecule has 0 aliphatic rings. The normalized spacial score (nSPS) is 14.6. The number of unbranched alkanes of at least 4 members (excludes halogenated alkanes) is 30. The van der Waals surface area contributed by atoms with Gasteiger partial charge in [-0.1, -0.05) is 280 Å². The Balaban J connectivity index is 5.25. The molecule has 0 aliphatic carbocycles. The van der Waals surface area contributed by atoms with Crippen LogP contribution in [0.15, 0.2) is 0 Å². The van der Waals surface area contributed by atoms with E-state index in [4.69, 9.17) is 37.0 Å². The van der Waals surface area contributed by atoms with Crippen LogP contribution in [0.4, 0.5) is 0 Å². The molecule has 87 heavy (non-hydrogen) atoms. The highest BCUT2D eigenvalue weighted by Gasteiger charge is 2.30. The predicted octanol–water partition coefficient (Wildman–Crippen LogP) is 18.9. The molecule has 19 heteroatoms. The standard InChI is InChI=1S/C68H132O17P2/c1-9-61(8)47-39-31-23-16-18-26-34-42-50-67(72)84-63(54-79-66(71)49-41-33-25-17-15-21-29-37-45-59(4)5)56-82-86(74,75)80-52-62(69)53-81-87(76,77)83-57-64(85-68(73)51-43-35-27-19-22-30-38-46-60(6)7)55-78-65(70)48-40-32-24-14-12-10-11-13-20-28-36-44-58(2)3/h58-64,69H,9-57H2,1-8H3,(H,74,75)(H,76,77)/t61?,62?,63-,64-/m1/s1. The molecule has 0 amide bonds. The first-order valence-electron chi connectivity index (χ1n) is 35.2. The summed E-state index contributed by atoms with van der Waals surface area (Å²) in [7, 11) is -9.90. The quantitative estimate of drug-likeness (QED) is 0.0222. The third-order valence-corrected chi connectivity index (χ3v) is 17.8. The Hall–Kier alpha value is -1.94. The highest BCUT2D eigenvalue weighted by Crippen LogP contribution is 2.45. The number of hydrogen-bond donors (Lipinski definition) is 3. The fourth-order valence-electron chi connectivity index (χ4n) is 10.1. The molecule has 0 aliphatic heterocycles. The Morgan fingerprint density at radius 1 is 0.322 bits per heavy atom. The molecule has 6 atom stereocenters. The number of hydrogen-bond acceptors (Lipinski definition) is 15. The molecule has 0 bridgehead atoms. The van der Waals surface area contributed by atoms with E-state index in [9.17, 15) is 43.2 Å². The molecule has 0 fully saturated rings. The molecule has 0 radical (unpaired) electrons. The molecule has 0 aromatic carbocycles. The van der Waals surface area contributed by atoms with Crippen molar-refractivity contribution in [1.29, 1.82) is 0 Å². The summed E-state index contributed by atoms with van der Waals surface area (Å²) in [5.41, 5.74) is 0. The van der Waals surface area contributed by atoms with Crippen molar-refractivity contribution in [3.05, 3.63) is 0 Å². The van der Waals surface area contributed by atoms with Crippen molar-refractivity contribution in [2.24, 2.45) is 23.7 Å². The summed E-state index contributed by atoms with van der Waals surface area (Å²) < 4.78 is 68.2. The molecule has 4 unspecified atom stereocenters. The third-order valence-electron chi connectivity index (χ3n) is 15.9. The summed E-state index contributed by atoms with van der Waals surface area (Å²) in [6, 6.07) is 0. The van der Waals surface area contributed by atoms with Crippen molar-refractivity contribution >= 4 is 39.5 Å². The fourth-order valence-corrected chi connectivity index (χ4v) is 11.7. The van der Waals surface area contributed by atoms with Crippen LogP contribution in [0.2, 0.25) is 0 Å². The van der Waals surface area contributed by atoms with Crippen molar-refractivity contribution in [1.82, 2.24) is 0 Å². The minimum absolute atomic E-state index is 0.103. The summed E-state index contributed by atoms with van der Waals surface area (Å²) in [6.07, 6.45) is 39.0. The number of carbonyl (C=O) groups excluding carboxylic acids is 4. The Morgan fingerprint density at radius 2 is 0.552 bits per heavy atom.